The molecule has 0 bridgehead atoms. The number of rotatable bonds is 6. The van der Waals surface area contributed by atoms with Gasteiger partial charge in [-0.2, -0.15) is 5.26 Å². The fourth-order valence-electron chi connectivity index (χ4n) is 0.782. The lowest BCUT2D eigenvalue weighted by atomic mass is 10.1. The smallest absolute Gasteiger partial charge is 0.241 e. The first kappa shape index (κ1) is 12.8. The van der Waals surface area contributed by atoms with Gasteiger partial charge in [-0.3, -0.25) is 4.79 Å². The topological polar surface area (TPSA) is 88.1 Å². The Kier molecular flexibility index (Phi) is 6.62. The molecule has 0 spiro atoms. The minimum absolute atomic E-state index is 0.177. The van der Waals surface area contributed by atoms with Gasteiger partial charge < -0.3 is 15.8 Å². The van der Waals surface area contributed by atoms with E-state index in [2.05, 4.69) is 5.32 Å². The fourth-order valence-corrected chi connectivity index (χ4v) is 1.05. The van der Waals surface area contributed by atoms with Crippen LogP contribution >= 0.6 is 12.2 Å². The molecule has 0 aromatic rings. The lowest BCUT2D eigenvalue weighted by Crippen LogP contribution is -2.37. The van der Waals surface area contributed by atoms with Crippen molar-refractivity contribution in [3.63, 3.8) is 0 Å². The van der Waals surface area contributed by atoms with Crippen molar-refractivity contribution < 1.29 is 9.53 Å². The minimum Gasteiger partial charge on any atom is -0.385 e. The van der Waals surface area contributed by atoms with Crippen molar-refractivity contribution >= 4 is 23.1 Å². The average molecular weight is 215 g/mol. The van der Waals surface area contributed by atoms with Crippen LogP contribution < -0.4 is 11.1 Å². The molecule has 0 radical (unpaired) electrons. The van der Waals surface area contributed by atoms with Crippen molar-refractivity contribution in [2.45, 2.75) is 6.42 Å². The Bertz CT molecular complexity index is 249. The molecular formula is C8H13N3O2S. The number of carbonyl (C=O) groups is 1. The van der Waals surface area contributed by atoms with Gasteiger partial charge in [0.15, 0.2) is 5.92 Å². The molecule has 3 N–H and O–H groups in total. The van der Waals surface area contributed by atoms with Crippen LogP contribution in [0.25, 0.3) is 0 Å². The second kappa shape index (κ2) is 7.24. The van der Waals surface area contributed by atoms with E-state index in [0.29, 0.717) is 13.2 Å². The Morgan fingerprint density at radius 3 is 2.86 bits per heavy atom. The van der Waals surface area contributed by atoms with Crippen LogP contribution in [0, 0.1) is 17.2 Å². The predicted molar refractivity (Wildman–Crippen MR) is 55.4 cm³/mol. The number of thiocarbonyl (C=S) groups is 1. The Morgan fingerprint density at radius 2 is 2.43 bits per heavy atom. The van der Waals surface area contributed by atoms with Crippen molar-refractivity contribution in [1.82, 2.24) is 5.32 Å². The number of primary amides is 1. The zero-order valence-electron chi connectivity index (χ0n) is 7.95. The number of carbonyl (C=O) groups excluding carboxylic acids is 1. The van der Waals surface area contributed by atoms with E-state index in [0.717, 1.165) is 6.42 Å². The summed E-state index contributed by atoms with van der Waals surface area (Å²) in [6.07, 6.45) is 0.757. The minimum atomic E-state index is -1.03. The molecule has 0 aliphatic rings. The van der Waals surface area contributed by atoms with Gasteiger partial charge in [-0.25, -0.2) is 0 Å². The third kappa shape index (κ3) is 4.74. The lowest BCUT2D eigenvalue weighted by molar-refractivity contribution is -0.118. The van der Waals surface area contributed by atoms with Crippen LogP contribution in [0.5, 0.6) is 0 Å². The molecule has 1 amide bonds. The van der Waals surface area contributed by atoms with E-state index in [4.69, 9.17) is 28.0 Å². The molecule has 6 heteroatoms. The summed E-state index contributed by atoms with van der Waals surface area (Å²) >= 11 is 4.83. The van der Waals surface area contributed by atoms with E-state index < -0.39 is 11.8 Å². The predicted octanol–water partition coefficient (Wildman–Crippen LogP) is -0.435. The summed E-state index contributed by atoms with van der Waals surface area (Å²) in [5, 5.41) is 11.3. The first-order chi connectivity index (χ1) is 6.63. The summed E-state index contributed by atoms with van der Waals surface area (Å²) < 4.78 is 4.82. The third-order valence-corrected chi connectivity index (χ3v) is 1.88. The maximum Gasteiger partial charge on any atom is 0.241 e. The molecule has 0 aromatic heterocycles. The zero-order chi connectivity index (χ0) is 11.0. The molecule has 0 aliphatic carbocycles. The molecule has 0 saturated carbocycles. The summed E-state index contributed by atoms with van der Waals surface area (Å²) in [6, 6.07) is 1.73. The highest BCUT2D eigenvalue weighted by molar-refractivity contribution is 7.80. The summed E-state index contributed by atoms with van der Waals surface area (Å²) in [4.78, 5) is 10.9. The Morgan fingerprint density at radius 1 is 1.79 bits per heavy atom. The van der Waals surface area contributed by atoms with Crippen LogP contribution in [0.2, 0.25) is 0 Å². The van der Waals surface area contributed by atoms with Crippen LogP contribution in [0.15, 0.2) is 0 Å². The number of nitrogens with zero attached hydrogens (tertiary/aromatic N) is 1. The molecule has 0 rings (SSSR count). The molecule has 1 unspecified atom stereocenters. The van der Waals surface area contributed by atoms with Gasteiger partial charge >= 0.3 is 0 Å². The first-order valence-electron chi connectivity index (χ1n) is 4.09. The Hall–Kier alpha value is -1.19. The number of hydrogen-bond acceptors (Lipinski definition) is 4. The quantitative estimate of drug-likeness (QED) is 0.463. The third-order valence-electron chi connectivity index (χ3n) is 1.50. The second-order valence-electron chi connectivity index (χ2n) is 2.60. The van der Waals surface area contributed by atoms with Crippen molar-refractivity contribution in [3.05, 3.63) is 0 Å². The summed E-state index contributed by atoms with van der Waals surface area (Å²) in [7, 11) is 1.60. The van der Waals surface area contributed by atoms with E-state index in [1.165, 1.54) is 0 Å². The monoisotopic (exact) mass is 215 g/mol. The van der Waals surface area contributed by atoms with Crippen molar-refractivity contribution in [2.75, 3.05) is 20.3 Å². The van der Waals surface area contributed by atoms with Gasteiger partial charge in [-0.1, -0.05) is 12.2 Å². The number of ether oxygens (including phenoxy) is 1. The molecule has 78 valence electrons. The number of nitriles is 1. The second-order valence-corrected chi connectivity index (χ2v) is 3.04. The molecule has 0 heterocycles. The van der Waals surface area contributed by atoms with Crippen molar-refractivity contribution in [2.24, 2.45) is 11.7 Å². The van der Waals surface area contributed by atoms with Crippen molar-refractivity contribution in [3.8, 4) is 6.07 Å². The highest BCUT2D eigenvalue weighted by Crippen LogP contribution is 1.95. The maximum absolute atomic E-state index is 10.7. The van der Waals surface area contributed by atoms with Crippen LogP contribution in [-0.4, -0.2) is 31.2 Å². The highest BCUT2D eigenvalue weighted by atomic mass is 32.1. The van der Waals surface area contributed by atoms with Gasteiger partial charge in [0.25, 0.3) is 0 Å². The zero-order valence-corrected chi connectivity index (χ0v) is 8.76. The number of amides is 1. The van der Waals surface area contributed by atoms with Gasteiger partial charge in [0.1, 0.15) is 4.99 Å². The standard InChI is InChI=1S/C8H13N3O2S/c1-13-4-2-3-11-8(14)6(5-9)7(10)12/h6H,2-4H2,1H3,(H2,10,12)(H,11,14). The van der Waals surface area contributed by atoms with Gasteiger partial charge in [0.05, 0.1) is 6.07 Å². The average Bonchev–Trinajstić information content (AvgIpc) is 2.13. The van der Waals surface area contributed by atoms with Gasteiger partial charge in [-0.15, -0.1) is 0 Å². The molecule has 0 saturated heterocycles. The van der Waals surface area contributed by atoms with E-state index in [9.17, 15) is 4.79 Å². The molecule has 14 heavy (non-hydrogen) atoms. The molecule has 0 fully saturated rings. The first-order valence-corrected chi connectivity index (χ1v) is 4.50. The van der Waals surface area contributed by atoms with E-state index in [-0.39, 0.29) is 4.99 Å². The Balaban J connectivity index is 3.84. The fraction of sp³-hybridized carbons (Fsp3) is 0.625. The van der Waals surface area contributed by atoms with E-state index in [1.54, 1.807) is 13.2 Å². The SMILES string of the molecule is COCCCNC(=S)C(C#N)C(N)=O. The van der Waals surface area contributed by atoms with Gasteiger partial charge in [0, 0.05) is 20.3 Å². The van der Waals surface area contributed by atoms with Crippen LogP contribution in [0.1, 0.15) is 6.42 Å². The summed E-state index contributed by atoms with van der Waals surface area (Å²) in [6.45, 7) is 1.17. The Labute approximate surface area is 88.2 Å². The highest BCUT2D eigenvalue weighted by Gasteiger charge is 2.19. The molecule has 5 nitrogen and oxygen atoms in total. The molecular weight excluding hydrogens is 202 g/mol. The van der Waals surface area contributed by atoms with Crippen LogP contribution in [-0.2, 0) is 9.53 Å². The number of nitrogens with one attached hydrogen (secondary N) is 1. The van der Waals surface area contributed by atoms with Crippen LogP contribution in [0.4, 0.5) is 0 Å². The van der Waals surface area contributed by atoms with Crippen LogP contribution in [0.3, 0.4) is 0 Å². The molecule has 0 aromatic carbocycles. The number of hydrogen-bond donors (Lipinski definition) is 2. The van der Waals surface area contributed by atoms with Gasteiger partial charge in [-0.05, 0) is 6.42 Å². The molecule has 0 aliphatic heterocycles. The normalized spacial score (nSPS) is 11.4. The number of nitrogens with two attached hydrogens (primary N) is 1. The number of methoxy groups -OCH3 is 1. The van der Waals surface area contributed by atoms with Crippen molar-refractivity contribution in [1.29, 1.82) is 5.26 Å². The lowest BCUT2D eigenvalue weighted by Gasteiger charge is -2.09. The van der Waals surface area contributed by atoms with Gasteiger partial charge in [0.2, 0.25) is 5.91 Å². The molecule has 1 atom stereocenters. The maximum atomic E-state index is 10.7. The summed E-state index contributed by atoms with van der Waals surface area (Å²) in [5.74, 6) is -1.76. The largest absolute Gasteiger partial charge is 0.385 e. The van der Waals surface area contributed by atoms with E-state index in [1.807, 2.05) is 0 Å². The van der Waals surface area contributed by atoms with E-state index >= 15 is 0 Å². The summed E-state index contributed by atoms with van der Waals surface area (Å²) in [5.41, 5.74) is 4.96.